The van der Waals surface area contributed by atoms with Gasteiger partial charge in [0.05, 0.1) is 11.0 Å². The third-order valence-electron chi connectivity index (χ3n) is 11.2. The van der Waals surface area contributed by atoms with E-state index in [1.807, 2.05) is 47.7 Å². The molecule has 57 heavy (non-hydrogen) atoms. The highest BCUT2D eigenvalue weighted by Crippen LogP contribution is 2.35. The fraction of sp³-hybridized carbons (Fsp3) is 0. The van der Waals surface area contributed by atoms with Crippen molar-refractivity contribution in [1.82, 2.24) is 19.5 Å². The monoisotopic (exact) mass is 762 g/mol. The third kappa shape index (κ3) is 5.45. The molecule has 0 unspecified atom stereocenters. The molecule has 0 fully saturated rings. The standard InChI is InChI=1S/C51H34N4SSi/c1-5-17-35(18-6-1)49-52-50(36-19-7-2-8-20-36)54-51(53-49)55-45-27-15-13-25-41(45)42-31-29-39(33-46(42)55)57(37-21-9-3-10-22-37,38-23-11-4-12-24-38)40-30-32-44-43-26-14-16-28-47(43)56-48(44)34-40/h1-34H. The summed E-state index contributed by atoms with van der Waals surface area (Å²) >= 11 is 1.88. The molecule has 0 aliphatic carbocycles. The molecule has 268 valence electrons. The average molecular weight is 763 g/mol. The molecule has 0 aliphatic heterocycles. The molecule has 0 bridgehead atoms. The summed E-state index contributed by atoms with van der Waals surface area (Å²) in [6, 6.07) is 74.5. The molecular weight excluding hydrogens is 729 g/mol. The molecule has 0 aliphatic rings. The highest BCUT2D eigenvalue weighted by molar-refractivity contribution is 7.26. The Bertz CT molecular complexity index is 3140. The number of aromatic nitrogens is 4. The van der Waals surface area contributed by atoms with Crippen molar-refractivity contribution in [2.24, 2.45) is 0 Å². The lowest BCUT2D eigenvalue weighted by molar-refractivity contribution is 0.953. The fourth-order valence-electron chi connectivity index (χ4n) is 8.65. The predicted octanol–water partition coefficient (Wildman–Crippen LogP) is 10.0. The topological polar surface area (TPSA) is 43.6 Å². The first-order valence-corrected chi connectivity index (χ1v) is 22.0. The molecule has 11 aromatic rings. The number of thiophene rings is 1. The Kier molecular flexibility index (Phi) is 7.98. The molecule has 0 amide bonds. The van der Waals surface area contributed by atoms with Gasteiger partial charge in [0.15, 0.2) is 19.7 Å². The first-order valence-electron chi connectivity index (χ1n) is 19.2. The molecule has 0 atom stereocenters. The number of para-hydroxylation sites is 1. The van der Waals surface area contributed by atoms with Crippen LogP contribution in [0.4, 0.5) is 0 Å². The number of rotatable bonds is 7. The van der Waals surface area contributed by atoms with Crippen LogP contribution in [0.2, 0.25) is 0 Å². The molecule has 0 radical (unpaired) electrons. The largest absolute Gasteiger partial charge is 0.278 e. The second-order valence-electron chi connectivity index (χ2n) is 14.4. The summed E-state index contributed by atoms with van der Waals surface area (Å²) in [5.74, 6) is 1.86. The zero-order valence-electron chi connectivity index (χ0n) is 30.8. The molecule has 3 heterocycles. The Labute approximate surface area is 335 Å². The van der Waals surface area contributed by atoms with Gasteiger partial charge in [-0.25, -0.2) is 4.98 Å². The molecule has 6 heteroatoms. The predicted molar refractivity (Wildman–Crippen MR) is 242 cm³/mol. The van der Waals surface area contributed by atoms with Crippen LogP contribution in [-0.4, -0.2) is 27.6 Å². The van der Waals surface area contributed by atoms with Crippen LogP contribution < -0.4 is 20.7 Å². The van der Waals surface area contributed by atoms with Gasteiger partial charge in [0.1, 0.15) is 0 Å². The zero-order valence-corrected chi connectivity index (χ0v) is 32.6. The van der Waals surface area contributed by atoms with Gasteiger partial charge in [-0.2, -0.15) is 9.97 Å². The summed E-state index contributed by atoms with van der Waals surface area (Å²) in [6.07, 6.45) is 0. The second kappa shape index (κ2) is 13.6. The van der Waals surface area contributed by atoms with Crippen molar-refractivity contribution in [1.29, 1.82) is 0 Å². The van der Waals surface area contributed by atoms with Crippen molar-refractivity contribution in [3.63, 3.8) is 0 Å². The van der Waals surface area contributed by atoms with E-state index >= 15 is 0 Å². The normalized spacial score (nSPS) is 11.9. The maximum atomic E-state index is 5.25. The highest BCUT2D eigenvalue weighted by atomic mass is 32.1. The highest BCUT2D eigenvalue weighted by Gasteiger charge is 2.42. The lowest BCUT2D eigenvalue weighted by Gasteiger charge is -2.34. The fourth-order valence-corrected chi connectivity index (χ4v) is 14.7. The zero-order chi connectivity index (χ0) is 37.8. The van der Waals surface area contributed by atoms with E-state index in [1.54, 1.807) is 0 Å². The number of hydrogen-bond donors (Lipinski definition) is 0. The van der Waals surface area contributed by atoms with Gasteiger partial charge < -0.3 is 0 Å². The quantitative estimate of drug-likeness (QED) is 0.120. The van der Waals surface area contributed by atoms with Crippen LogP contribution in [0.1, 0.15) is 0 Å². The first kappa shape index (κ1) is 33.4. The van der Waals surface area contributed by atoms with Crippen molar-refractivity contribution in [3.05, 3.63) is 206 Å². The van der Waals surface area contributed by atoms with Crippen molar-refractivity contribution in [2.75, 3.05) is 0 Å². The third-order valence-corrected chi connectivity index (χ3v) is 17.1. The van der Waals surface area contributed by atoms with E-state index in [-0.39, 0.29) is 0 Å². The molecule has 8 aromatic carbocycles. The summed E-state index contributed by atoms with van der Waals surface area (Å²) in [5.41, 5.74) is 3.99. The number of benzene rings is 8. The van der Waals surface area contributed by atoms with Crippen LogP contribution in [0.15, 0.2) is 206 Å². The minimum atomic E-state index is -2.94. The van der Waals surface area contributed by atoms with Gasteiger partial charge >= 0.3 is 0 Å². The van der Waals surface area contributed by atoms with Crippen molar-refractivity contribution >= 4 is 82.1 Å². The molecule has 3 aromatic heterocycles. The summed E-state index contributed by atoms with van der Waals surface area (Å²) in [5, 5.41) is 10.2. The van der Waals surface area contributed by atoms with Gasteiger partial charge in [0, 0.05) is 42.1 Å². The molecule has 11 rings (SSSR count). The van der Waals surface area contributed by atoms with E-state index in [2.05, 4.69) is 174 Å². The lowest BCUT2D eigenvalue weighted by atomic mass is 10.1. The van der Waals surface area contributed by atoms with Gasteiger partial charge in [-0.15, -0.1) is 11.3 Å². The van der Waals surface area contributed by atoms with Crippen molar-refractivity contribution < 1.29 is 0 Å². The minimum absolute atomic E-state index is 0.587. The molecule has 4 nitrogen and oxygen atoms in total. The Balaban J connectivity index is 1.23. The van der Waals surface area contributed by atoms with Gasteiger partial charge in [-0.05, 0) is 45.0 Å². The minimum Gasteiger partial charge on any atom is -0.278 e. The maximum absolute atomic E-state index is 5.25. The molecule has 0 saturated heterocycles. The Morgan fingerprint density at radius 3 is 1.46 bits per heavy atom. The summed E-state index contributed by atoms with van der Waals surface area (Å²) in [6.45, 7) is 0. The second-order valence-corrected chi connectivity index (χ2v) is 19.3. The van der Waals surface area contributed by atoms with Gasteiger partial charge in [-0.3, -0.25) is 4.57 Å². The molecule has 0 spiro atoms. The van der Waals surface area contributed by atoms with Crippen LogP contribution in [0, 0.1) is 0 Å². The molecular formula is C51H34N4SSi. The van der Waals surface area contributed by atoms with E-state index in [0.717, 1.165) is 32.9 Å². The van der Waals surface area contributed by atoms with E-state index in [0.29, 0.717) is 17.6 Å². The van der Waals surface area contributed by atoms with Crippen LogP contribution >= 0.6 is 11.3 Å². The summed E-state index contributed by atoms with van der Waals surface area (Å²) in [7, 11) is -2.94. The van der Waals surface area contributed by atoms with Crippen LogP contribution in [0.5, 0.6) is 0 Å². The smallest absolute Gasteiger partial charge is 0.238 e. The van der Waals surface area contributed by atoms with E-state index in [1.165, 1.54) is 40.9 Å². The molecule has 0 saturated carbocycles. The van der Waals surface area contributed by atoms with Crippen molar-refractivity contribution in [3.8, 4) is 28.7 Å². The lowest BCUT2D eigenvalue weighted by Crippen LogP contribution is -2.74. The Hall–Kier alpha value is -6.99. The van der Waals surface area contributed by atoms with E-state index < -0.39 is 8.07 Å². The van der Waals surface area contributed by atoms with Crippen LogP contribution in [0.25, 0.3) is 70.7 Å². The number of fused-ring (bicyclic) bond motifs is 6. The van der Waals surface area contributed by atoms with Gasteiger partial charge in [-0.1, -0.05) is 182 Å². The Morgan fingerprint density at radius 1 is 0.351 bits per heavy atom. The van der Waals surface area contributed by atoms with Crippen LogP contribution in [-0.2, 0) is 0 Å². The first-order chi connectivity index (χ1) is 28.3. The van der Waals surface area contributed by atoms with Gasteiger partial charge in [0.25, 0.3) is 0 Å². The van der Waals surface area contributed by atoms with E-state index in [9.17, 15) is 0 Å². The number of nitrogens with zero attached hydrogens (tertiary/aromatic N) is 4. The Morgan fingerprint density at radius 2 is 0.825 bits per heavy atom. The SMILES string of the molecule is c1ccc(-c2nc(-c3ccccc3)nc(-n3c4ccccc4c4ccc([Si](c5ccccc5)(c5ccccc5)c5ccc6c(c5)sc5ccccc56)cc43)n2)cc1. The van der Waals surface area contributed by atoms with E-state index in [4.69, 9.17) is 15.0 Å². The van der Waals surface area contributed by atoms with Crippen LogP contribution in [0.3, 0.4) is 0 Å². The van der Waals surface area contributed by atoms with Gasteiger partial charge in [0.2, 0.25) is 5.95 Å². The maximum Gasteiger partial charge on any atom is 0.238 e. The summed E-state index contributed by atoms with van der Waals surface area (Å²) < 4.78 is 4.86. The summed E-state index contributed by atoms with van der Waals surface area (Å²) in [4.78, 5) is 15.5. The molecule has 0 N–H and O–H groups in total. The number of hydrogen-bond acceptors (Lipinski definition) is 4. The average Bonchev–Trinajstić information content (AvgIpc) is 3.83. The van der Waals surface area contributed by atoms with Crippen molar-refractivity contribution in [2.45, 2.75) is 0 Å².